The highest BCUT2D eigenvalue weighted by Crippen LogP contribution is 2.15. The van der Waals surface area contributed by atoms with Gasteiger partial charge in [-0.15, -0.1) is 0 Å². The molecular formula is C12H23N3O2. The number of likely N-dealkylation sites (N-methyl/N-ethyl adjacent to an activating group) is 1. The first kappa shape index (κ1) is 12.8. The van der Waals surface area contributed by atoms with Crippen molar-refractivity contribution in [3.63, 3.8) is 0 Å². The molecule has 0 saturated carbocycles. The molecule has 0 radical (unpaired) electrons. The smallest absolute Gasteiger partial charge is 0.236 e. The van der Waals surface area contributed by atoms with E-state index in [0.29, 0.717) is 19.6 Å². The van der Waals surface area contributed by atoms with Gasteiger partial charge in [0.1, 0.15) is 0 Å². The van der Waals surface area contributed by atoms with Gasteiger partial charge in [0.2, 0.25) is 5.91 Å². The van der Waals surface area contributed by atoms with Crippen LogP contribution >= 0.6 is 0 Å². The number of aliphatic hydroxyl groups is 1. The summed E-state index contributed by atoms with van der Waals surface area (Å²) in [5.41, 5.74) is -0.653. The lowest BCUT2D eigenvalue weighted by Crippen LogP contribution is -2.46. The molecular weight excluding hydrogens is 218 g/mol. The fourth-order valence-electron chi connectivity index (χ4n) is 2.72. The molecule has 2 saturated heterocycles. The topological polar surface area (TPSA) is 55.8 Å². The van der Waals surface area contributed by atoms with Crippen molar-refractivity contribution in [2.75, 3.05) is 46.3 Å². The third-order valence-electron chi connectivity index (χ3n) is 3.65. The molecule has 0 bridgehead atoms. The Labute approximate surface area is 103 Å². The van der Waals surface area contributed by atoms with E-state index >= 15 is 0 Å². The zero-order chi connectivity index (χ0) is 12.3. The van der Waals surface area contributed by atoms with E-state index in [1.165, 1.54) is 0 Å². The molecule has 2 N–H and O–H groups in total. The predicted molar refractivity (Wildman–Crippen MR) is 65.7 cm³/mol. The average Bonchev–Trinajstić information content (AvgIpc) is 2.88. The van der Waals surface area contributed by atoms with Crippen LogP contribution in [-0.4, -0.2) is 72.7 Å². The van der Waals surface area contributed by atoms with Gasteiger partial charge in [0.15, 0.2) is 0 Å². The molecule has 5 nitrogen and oxygen atoms in total. The highest BCUT2D eigenvalue weighted by atomic mass is 16.3. The molecule has 2 aliphatic heterocycles. The van der Waals surface area contributed by atoms with Crippen molar-refractivity contribution in [3.8, 4) is 0 Å². The van der Waals surface area contributed by atoms with Gasteiger partial charge in [0, 0.05) is 26.2 Å². The molecule has 2 aliphatic rings. The van der Waals surface area contributed by atoms with Crippen LogP contribution in [0.2, 0.25) is 0 Å². The van der Waals surface area contributed by atoms with Crippen LogP contribution in [0.5, 0.6) is 0 Å². The molecule has 0 aromatic heterocycles. The van der Waals surface area contributed by atoms with E-state index in [-0.39, 0.29) is 5.91 Å². The number of carbonyl (C=O) groups excluding carboxylic acids is 1. The summed E-state index contributed by atoms with van der Waals surface area (Å²) >= 11 is 0. The first-order valence-electron chi connectivity index (χ1n) is 6.48. The number of likely N-dealkylation sites (tertiary alicyclic amines) is 1. The van der Waals surface area contributed by atoms with Crippen LogP contribution in [0.1, 0.15) is 19.3 Å². The number of nitrogens with one attached hydrogen (secondary N) is 1. The zero-order valence-corrected chi connectivity index (χ0v) is 10.6. The molecule has 0 aromatic rings. The number of nitrogens with zero attached hydrogens (tertiary/aromatic N) is 2. The molecule has 17 heavy (non-hydrogen) atoms. The van der Waals surface area contributed by atoms with Gasteiger partial charge in [-0.05, 0) is 32.9 Å². The molecule has 1 atom stereocenters. The molecule has 0 spiro atoms. The van der Waals surface area contributed by atoms with Crippen molar-refractivity contribution in [3.05, 3.63) is 0 Å². The number of rotatable bonds is 4. The second-order valence-electron chi connectivity index (χ2n) is 5.41. The summed E-state index contributed by atoms with van der Waals surface area (Å²) in [6, 6.07) is 0. The lowest BCUT2D eigenvalue weighted by atomic mass is 10.0. The maximum absolute atomic E-state index is 11.9. The van der Waals surface area contributed by atoms with Gasteiger partial charge in [-0.2, -0.15) is 0 Å². The van der Waals surface area contributed by atoms with Gasteiger partial charge in [-0.3, -0.25) is 9.69 Å². The van der Waals surface area contributed by atoms with Crippen LogP contribution < -0.4 is 5.32 Å². The van der Waals surface area contributed by atoms with E-state index in [9.17, 15) is 9.90 Å². The fraction of sp³-hybridized carbons (Fsp3) is 0.917. The quantitative estimate of drug-likeness (QED) is 0.681. The van der Waals surface area contributed by atoms with E-state index in [0.717, 1.165) is 38.9 Å². The standard InChI is InChI=1S/C12H23N3O2/c1-14(10-12(17)4-5-13-9-12)8-11(16)15-6-2-3-7-15/h13,17H,2-10H2,1H3. The van der Waals surface area contributed by atoms with Gasteiger partial charge in [-0.25, -0.2) is 0 Å². The molecule has 5 heteroatoms. The number of amides is 1. The summed E-state index contributed by atoms with van der Waals surface area (Å²) < 4.78 is 0. The summed E-state index contributed by atoms with van der Waals surface area (Å²) in [7, 11) is 1.91. The Balaban J connectivity index is 1.76. The SMILES string of the molecule is CN(CC(=O)N1CCCC1)CC1(O)CCNC1. The maximum atomic E-state index is 11.9. The van der Waals surface area contributed by atoms with Gasteiger partial charge in [0.05, 0.1) is 12.1 Å². The number of carbonyl (C=O) groups is 1. The first-order valence-corrected chi connectivity index (χ1v) is 6.48. The molecule has 1 amide bonds. The number of β-amino-alcohol motifs (C(OH)–C–C–N with tert-alkyl or cyclic N) is 1. The minimum Gasteiger partial charge on any atom is -0.387 e. The van der Waals surface area contributed by atoms with Crippen molar-refractivity contribution in [2.24, 2.45) is 0 Å². The van der Waals surface area contributed by atoms with E-state index < -0.39 is 5.60 Å². The second-order valence-corrected chi connectivity index (χ2v) is 5.41. The van der Waals surface area contributed by atoms with E-state index in [4.69, 9.17) is 0 Å². The summed E-state index contributed by atoms with van der Waals surface area (Å²) in [4.78, 5) is 15.8. The molecule has 1 unspecified atom stereocenters. The summed E-state index contributed by atoms with van der Waals surface area (Å²) in [6.07, 6.45) is 3.03. The van der Waals surface area contributed by atoms with E-state index in [1.807, 2.05) is 16.8 Å². The zero-order valence-electron chi connectivity index (χ0n) is 10.6. The molecule has 0 aromatic carbocycles. The largest absolute Gasteiger partial charge is 0.387 e. The maximum Gasteiger partial charge on any atom is 0.236 e. The Morgan fingerprint density at radius 2 is 2.18 bits per heavy atom. The minimum absolute atomic E-state index is 0.194. The predicted octanol–water partition coefficient (Wildman–Crippen LogP) is -0.735. The highest BCUT2D eigenvalue weighted by molar-refractivity contribution is 5.78. The third-order valence-corrected chi connectivity index (χ3v) is 3.65. The Hall–Kier alpha value is -0.650. The van der Waals surface area contributed by atoms with Crippen LogP contribution in [0.3, 0.4) is 0 Å². The Kier molecular flexibility index (Phi) is 4.01. The van der Waals surface area contributed by atoms with E-state index in [1.54, 1.807) is 0 Å². The van der Waals surface area contributed by atoms with Crippen LogP contribution in [-0.2, 0) is 4.79 Å². The highest BCUT2D eigenvalue weighted by Gasteiger charge is 2.32. The van der Waals surface area contributed by atoms with Crippen LogP contribution in [0.25, 0.3) is 0 Å². The Morgan fingerprint density at radius 1 is 1.47 bits per heavy atom. The number of hydrogen-bond donors (Lipinski definition) is 2. The van der Waals surface area contributed by atoms with Crippen molar-refractivity contribution in [1.29, 1.82) is 0 Å². The van der Waals surface area contributed by atoms with Gasteiger partial charge in [-0.1, -0.05) is 0 Å². The normalized spacial score (nSPS) is 29.2. The lowest BCUT2D eigenvalue weighted by molar-refractivity contribution is -0.131. The molecule has 2 heterocycles. The van der Waals surface area contributed by atoms with Gasteiger partial charge < -0.3 is 15.3 Å². The summed E-state index contributed by atoms with van der Waals surface area (Å²) in [6.45, 7) is 4.29. The van der Waals surface area contributed by atoms with Gasteiger partial charge >= 0.3 is 0 Å². The fourth-order valence-corrected chi connectivity index (χ4v) is 2.72. The molecule has 0 aliphatic carbocycles. The monoisotopic (exact) mass is 241 g/mol. The van der Waals surface area contributed by atoms with Crippen molar-refractivity contribution in [1.82, 2.24) is 15.1 Å². The van der Waals surface area contributed by atoms with Crippen LogP contribution in [0.4, 0.5) is 0 Å². The number of hydrogen-bond acceptors (Lipinski definition) is 4. The van der Waals surface area contributed by atoms with Crippen LogP contribution in [0, 0.1) is 0 Å². The van der Waals surface area contributed by atoms with Crippen molar-refractivity contribution >= 4 is 5.91 Å². The molecule has 2 fully saturated rings. The van der Waals surface area contributed by atoms with Crippen molar-refractivity contribution in [2.45, 2.75) is 24.9 Å². The summed E-state index contributed by atoms with van der Waals surface area (Å²) in [5, 5.41) is 13.4. The summed E-state index contributed by atoms with van der Waals surface area (Å²) in [5.74, 6) is 0.194. The van der Waals surface area contributed by atoms with E-state index in [2.05, 4.69) is 5.32 Å². The second kappa shape index (κ2) is 5.33. The molecule has 98 valence electrons. The van der Waals surface area contributed by atoms with Crippen LogP contribution in [0.15, 0.2) is 0 Å². The average molecular weight is 241 g/mol. The van der Waals surface area contributed by atoms with Crippen molar-refractivity contribution < 1.29 is 9.90 Å². The Morgan fingerprint density at radius 3 is 2.76 bits per heavy atom. The first-order chi connectivity index (χ1) is 8.09. The van der Waals surface area contributed by atoms with Gasteiger partial charge in [0.25, 0.3) is 0 Å². The third kappa shape index (κ3) is 3.40. The minimum atomic E-state index is -0.653. The lowest BCUT2D eigenvalue weighted by Gasteiger charge is -2.28. The Bertz CT molecular complexity index is 271. The molecule has 2 rings (SSSR count).